The van der Waals surface area contributed by atoms with Crippen LogP contribution in [0.4, 0.5) is 0 Å². The van der Waals surface area contributed by atoms with Crippen LogP contribution in [0.1, 0.15) is 50.8 Å². The van der Waals surface area contributed by atoms with E-state index in [1.54, 1.807) is 0 Å². The van der Waals surface area contributed by atoms with Gasteiger partial charge < -0.3 is 9.47 Å². The molecule has 120 valence electrons. The monoisotopic (exact) mass is 310 g/mol. The number of esters is 1. The fourth-order valence-electron chi connectivity index (χ4n) is 2.99. The third kappa shape index (κ3) is 3.09. The zero-order chi connectivity index (χ0) is 16.4. The minimum atomic E-state index is -0.388. The van der Waals surface area contributed by atoms with Crippen molar-refractivity contribution in [2.45, 2.75) is 45.8 Å². The lowest BCUT2D eigenvalue weighted by Gasteiger charge is -2.26. The van der Waals surface area contributed by atoms with Gasteiger partial charge in [-0.1, -0.05) is 43.3 Å². The SMILES string of the molecule is CCCC(=O)OC1C=C(OC(C)C)c2cccc3cccc1c23. The number of carbonyl (C=O) groups is 1. The van der Waals surface area contributed by atoms with E-state index in [2.05, 4.69) is 18.2 Å². The van der Waals surface area contributed by atoms with Crippen molar-refractivity contribution in [3.8, 4) is 0 Å². The van der Waals surface area contributed by atoms with E-state index in [1.165, 1.54) is 0 Å². The van der Waals surface area contributed by atoms with Crippen LogP contribution in [0.3, 0.4) is 0 Å². The number of benzene rings is 2. The van der Waals surface area contributed by atoms with Crippen molar-refractivity contribution in [1.29, 1.82) is 0 Å². The van der Waals surface area contributed by atoms with E-state index in [1.807, 2.05) is 45.0 Å². The van der Waals surface area contributed by atoms with Crippen LogP contribution < -0.4 is 0 Å². The van der Waals surface area contributed by atoms with E-state index >= 15 is 0 Å². The van der Waals surface area contributed by atoms with Crippen molar-refractivity contribution >= 4 is 22.5 Å². The number of hydrogen-bond donors (Lipinski definition) is 0. The van der Waals surface area contributed by atoms with Crippen LogP contribution in [0.25, 0.3) is 16.5 Å². The molecule has 1 aliphatic carbocycles. The molecule has 1 aliphatic rings. The molecule has 0 radical (unpaired) electrons. The largest absolute Gasteiger partial charge is 0.491 e. The molecule has 0 saturated carbocycles. The summed E-state index contributed by atoms with van der Waals surface area (Å²) in [6.07, 6.45) is 2.81. The van der Waals surface area contributed by atoms with Crippen LogP contribution in [-0.2, 0) is 14.3 Å². The summed E-state index contributed by atoms with van der Waals surface area (Å²) in [6, 6.07) is 12.3. The van der Waals surface area contributed by atoms with Crippen molar-refractivity contribution < 1.29 is 14.3 Å². The van der Waals surface area contributed by atoms with Gasteiger partial charge in [-0.25, -0.2) is 0 Å². The van der Waals surface area contributed by atoms with Gasteiger partial charge in [0.05, 0.1) is 6.10 Å². The minimum Gasteiger partial charge on any atom is -0.491 e. The molecule has 2 aromatic carbocycles. The minimum absolute atomic E-state index is 0.0637. The Labute approximate surface area is 136 Å². The summed E-state index contributed by atoms with van der Waals surface area (Å²) in [7, 11) is 0. The predicted molar refractivity (Wildman–Crippen MR) is 91.9 cm³/mol. The molecule has 0 N–H and O–H groups in total. The second-order valence-corrected chi connectivity index (χ2v) is 6.11. The summed E-state index contributed by atoms with van der Waals surface area (Å²) in [6.45, 7) is 5.97. The molecule has 0 fully saturated rings. The van der Waals surface area contributed by atoms with Gasteiger partial charge in [0.25, 0.3) is 0 Å². The third-order valence-electron chi connectivity index (χ3n) is 3.89. The summed E-state index contributed by atoms with van der Waals surface area (Å²) in [5.74, 6) is 0.618. The second kappa shape index (κ2) is 6.45. The maximum Gasteiger partial charge on any atom is 0.306 e. The molecule has 23 heavy (non-hydrogen) atoms. The topological polar surface area (TPSA) is 35.5 Å². The van der Waals surface area contributed by atoms with Crippen LogP contribution in [-0.4, -0.2) is 12.1 Å². The summed E-state index contributed by atoms with van der Waals surface area (Å²) < 4.78 is 11.7. The normalized spacial score (nSPS) is 16.3. The molecule has 3 rings (SSSR count). The number of ether oxygens (including phenoxy) is 2. The first-order chi connectivity index (χ1) is 11.1. The smallest absolute Gasteiger partial charge is 0.306 e. The molecule has 0 bridgehead atoms. The average Bonchev–Trinajstić information content (AvgIpc) is 2.51. The standard InChI is InChI=1S/C20H22O3/c1-4-7-19(21)23-18-12-17(22-13(2)3)15-10-5-8-14-9-6-11-16(18)20(14)15/h5-6,8-13,18H,4,7H2,1-3H3. The summed E-state index contributed by atoms with van der Waals surface area (Å²) >= 11 is 0. The zero-order valence-corrected chi connectivity index (χ0v) is 13.8. The molecule has 2 aromatic rings. The number of rotatable bonds is 5. The Morgan fingerprint density at radius 2 is 1.91 bits per heavy atom. The Morgan fingerprint density at radius 3 is 2.61 bits per heavy atom. The Kier molecular flexibility index (Phi) is 4.37. The van der Waals surface area contributed by atoms with Crippen LogP contribution in [0.2, 0.25) is 0 Å². The first-order valence-electron chi connectivity index (χ1n) is 8.20. The number of hydrogen-bond acceptors (Lipinski definition) is 3. The Bertz CT molecular complexity index is 753. The van der Waals surface area contributed by atoms with Crippen LogP contribution in [0.5, 0.6) is 0 Å². The van der Waals surface area contributed by atoms with E-state index in [9.17, 15) is 4.79 Å². The van der Waals surface area contributed by atoms with Crippen molar-refractivity contribution in [2.75, 3.05) is 0 Å². The highest BCUT2D eigenvalue weighted by Gasteiger charge is 2.26. The number of carbonyl (C=O) groups excluding carboxylic acids is 1. The van der Waals surface area contributed by atoms with Crippen LogP contribution >= 0.6 is 0 Å². The van der Waals surface area contributed by atoms with Gasteiger partial charge in [0, 0.05) is 23.6 Å². The molecule has 0 heterocycles. The van der Waals surface area contributed by atoms with E-state index in [4.69, 9.17) is 9.47 Å². The van der Waals surface area contributed by atoms with Gasteiger partial charge in [-0.2, -0.15) is 0 Å². The predicted octanol–water partition coefficient (Wildman–Crippen LogP) is 5.00. The third-order valence-corrected chi connectivity index (χ3v) is 3.89. The maximum atomic E-state index is 12.0. The molecular weight excluding hydrogens is 288 g/mol. The lowest BCUT2D eigenvalue weighted by Crippen LogP contribution is -2.15. The maximum absolute atomic E-state index is 12.0. The molecule has 0 saturated heterocycles. The molecule has 0 aromatic heterocycles. The quantitative estimate of drug-likeness (QED) is 0.729. The second-order valence-electron chi connectivity index (χ2n) is 6.11. The molecule has 0 aliphatic heterocycles. The molecule has 1 atom stereocenters. The molecule has 3 nitrogen and oxygen atoms in total. The van der Waals surface area contributed by atoms with Crippen molar-refractivity contribution in [1.82, 2.24) is 0 Å². The molecular formula is C20H22O3. The van der Waals surface area contributed by atoms with Crippen LogP contribution in [0.15, 0.2) is 42.5 Å². The molecule has 0 spiro atoms. The lowest BCUT2D eigenvalue weighted by atomic mass is 9.90. The highest BCUT2D eigenvalue weighted by atomic mass is 16.5. The summed E-state index contributed by atoms with van der Waals surface area (Å²) in [5, 5.41) is 2.25. The first-order valence-corrected chi connectivity index (χ1v) is 8.20. The highest BCUT2D eigenvalue weighted by molar-refractivity contribution is 5.97. The average molecular weight is 310 g/mol. The van der Waals surface area contributed by atoms with Crippen molar-refractivity contribution in [2.24, 2.45) is 0 Å². The van der Waals surface area contributed by atoms with Gasteiger partial charge in [-0.15, -0.1) is 0 Å². The van der Waals surface area contributed by atoms with E-state index in [0.717, 1.165) is 34.1 Å². The molecule has 1 unspecified atom stereocenters. The van der Waals surface area contributed by atoms with Gasteiger partial charge in [0.15, 0.2) is 0 Å². The van der Waals surface area contributed by atoms with Gasteiger partial charge in [-0.05, 0) is 31.0 Å². The zero-order valence-electron chi connectivity index (χ0n) is 13.8. The Morgan fingerprint density at radius 1 is 1.17 bits per heavy atom. The van der Waals surface area contributed by atoms with Gasteiger partial charge >= 0.3 is 5.97 Å². The van der Waals surface area contributed by atoms with Gasteiger partial charge in [-0.3, -0.25) is 4.79 Å². The Balaban J connectivity index is 2.09. The summed E-state index contributed by atoms with van der Waals surface area (Å²) in [5.41, 5.74) is 2.09. The Hall–Kier alpha value is -2.29. The fraction of sp³-hybridized carbons (Fsp3) is 0.350. The fourth-order valence-corrected chi connectivity index (χ4v) is 2.99. The molecule has 0 amide bonds. The first kappa shape index (κ1) is 15.6. The lowest BCUT2D eigenvalue weighted by molar-refractivity contribution is -0.147. The van der Waals surface area contributed by atoms with Gasteiger partial charge in [0.2, 0.25) is 0 Å². The van der Waals surface area contributed by atoms with E-state index in [-0.39, 0.29) is 18.2 Å². The van der Waals surface area contributed by atoms with E-state index < -0.39 is 0 Å². The van der Waals surface area contributed by atoms with Gasteiger partial charge in [0.1, 0.15) is 11.9 Å². The van der Waals surface area contributed by atoms with Crippen molar-refractivity contribution in [3.05, 3.63) is 53.6 Å². The van der Waals surface area contributed by atoms with E-state index in [0.29, 0.717) is 6.42 Å². The summed E-state index contributed by atoms with van der Waals surface area (Å²) in [4.78, 5) is 12.0. The highest BCUT2D eigenvalue weighted by Crippen LogP contribution is 2.40. The van der Waals surface area contributed by atoms with Crippen molar-refractivity contribution in [3.63, 3.8) is 0 Å². The van der Waals surface area contributed by atoms with Crippen LogP contribution in [0, 0.1) is 0 Å². The molecule has 3 heteroatoms.